The Labute approximate surface area is 148 Å². The van der Waals surface area contributed by atoms with E-state index in [4.69, 9.17) is 0 Å². The van der Waals surface area contributed by atoms with Crippen molar-refractivity contribution in [1.29, 1.82) is 0 Å². The van der Waals surface area contributed by atoms with Gasteiger partial charge in [0.25, 0.3) is 0 Å². The van der Waals surface area contributed by atoms with Crippen LogP contribution in [0.15, 0.2) is 18.3 Å². The molecule has 0 bridgehead atoms. The molecular formula is C17H25N5O2S. The number of anilines is 1. The number of aromatic nitrogens is 3. The summed E-state index contributed by atoms with van der Waals surface area (Å²) in [5, 5.41) is 4.67. The minimum absolute atomic E-state index is 0.0743. The molecule has 0 aromatic carbocycles. The van der Waals surface area contributed by atoms with Crippen molar-refractivity contribution in [3.8, 4) is 0 Å². The number of sulfonamides is 1. The number of rotatable bonds is 4. The molecule has 4 rings (SSSR count). The van der Waals surface area contributed by atoms with Crippen LogP contribution in [0.5, 0.6) is 0 Å². The highest BCUT2D eigenvalue weighted by Crippen LogP contribution is 2.27. The number of nitrogens with zero attached hydrogens (tertiary/aromatic N) is 5. The Kier molecular flexibility index (Phi) is 4.41. The summed E-state index contributed by atoms with van der Waals surface area (Å²) in [6, 6.07) is 4.11. The smallest absolute Gasteiger partial charge is 0.213 e. The monoisotopic (exact) mass is 363 g/mol. The molecule has 0 aliphatic carbocycles. The third-order valence-corrected chi connectivity index (χ3v) is 7.16. The molecule has 1 unspecified atom stereocenters. The number of hydrogen-bond donors (Lipinski definition) is 0. The van der Waals surface area contributed by atoms with Crippen molar-refractivity contribution in [1.82, 2.24) is 18.9 Å². The van der Waals surface area contributed by atoms with E-state index in [1.807, 2.05) is 16.8 Å². The maximum absolute atomic E-state index is 12.2. The van der Waals surface area contributed by atoms with Crippen molar-refractivity contribution in [3.63, 3.8) is 0 Å². The molecule has 0 amide bonds. The van der Waals surface area contributed by atoms with E-state index in [1.165, 1.54) is 18.5 Å². The van der Waals surface area contributed by atoms with Crippen molar-refractivity contribution in [2.24, 2.45) is 0 Å². The summed E-state index contributed by atoms with van der Waals surface area (Å²) < 4.78 is 27.8. The van der Waals surface area contributed by atoms with E-state index in [2.05, 4.69) is 21.0 Å². The highest BCUT2D eigenvalue weighted by atomic mass is 32.2. The number of fused-ring (bicyclic) bond motifs is 1. The minimum Gasteiger partial charge on any atom is -0.370 e. The Bertz CT molecular complexity index is 857. The molecule has 0 N–H and O–H groups in total. The molecule has 136 valence electrons. The van der Waals surface area contributed by atoms with E-state index in [9.17, 15) is 8.42 Å². The van der Waals surface area contributed by atoms with Gasteiger partial charge in [0, 0.05) is 32.1 Å². The third kappa shape index (κ3) is 3.25. The highest BCUT2D eigenvalue weighted by Gasteiger charge is 2.30. The largest absolute Gasteiger partial charge is 0.370 e. The van der Waals surface area contributed by atoms with Crippen LogP contribution in [0, 0.1) is 0 Å². The van der Waals surface area contributed by atoms with Crippen LogP contribution in [0.25, 0.3) is 5.65 Å². The van der Waals surface area contributed by atoms with Gasteiger partial charge in [-0.3, -0.25) is 0 Å². The SMILES string of the molecule is CCS(=O)(=O)N1CCCC(c2nc3ccc(N4CCCC4)cn3n2)C1. The Hall–Kier alpha value is -1.67. The average Bonchev–Trinajstić information content (AvgIpc) is 3.30. The second kappa shape index (κ2) is 6.57. The van der Waals surface area contributed by atoms with E-state index in [0.717, 1.165) is 37.4 Å². The second-order valence-corrected chi connectivity index (χ2v) is 9.21. The average molecular weight is 363 g/mol. The van der Waals surface area contributed by atoms with Crippen LogP contribution in [0.4, 0.5) is 5.69 Å². The van der Waals surface area contributed by atoms with Gasteiger partial charge in [-0.2, -0.15) is 5.10 Å². The lowest BCUT2D eigenvalue weighted by Gasteiger charge is -2.30. The molecule has 2 saturated heterocycles. The molecule has 4 heterocycles. The Morgan fingerprint density at radius 3 is 2.72 bits per heavy atom. The lowest BCUT2D eigenvalue weighted by Crippen LogP contribution is -2.40. The van der Waals surface area contributed by atoms with Gasteiger partial charge < -0.3 is 4.90 Å². The third-order valence-electron chi connectivity index (χ3n) is 5.31. The molecule has 8 heteroatoms. The topological polar surface area (TPSA) is 70.8 Å². The van der Waals surface area contributed by atoms with Gasteiger partial charge in [0.15, 0.2) is 11.5 Å². The van der Waals surface area contributed by atoms with Crippen molar-refractivity contribution >= 4 is 21.4 Å². The molecule has 2 aliphatic rings. The van der Waals surface area contributed by atoms with Crippen LogP contribution in [0.3, 0.4) is 0 Å². The van der Waals surface area contributed by atoms with Gasteiger partial charge in [-0.05, 0) is 44.7 Å². The molecule has 0 spiro atoms. The van der Waals surface area contributed by atoms with E-state index in [1.54, 1.807) is 11.2 Å². The Morgan fingerprint density at radius 1 is 1.16 bits per heavy atom. The van der Waals surface area contributed by atoms with Gasteiger partial charge in [-0.25, -0.2) is 22.2 Å². The van der Waals surface area contributed by atoms with Gasteiger partial charge in [0.2, 0.25) is 10.0 Å². The van der Waals surface area contributed by atoms with Crippen LogP contribution in [0.2, 0.25) is 0 Å². The van der Waals surface area contributed by atoms with Crippen LogP contribution < -0.4 is 4.90 Å². The summed E-state index contributed by atoms with van der Waals surface area (Å²) in [5.41, 5.74) is 2.01. The summed E-state index contributed by atoms with van der Waals surface area (Å²) >= 11 is 0. The van der Waals surface area contributed by atoms with Crippen molar-refractivity contribution in [2.45, 2.75) is 38.5 Å². The molecule has 1 atom stereocenters. The van der Waals surface area contributed by atoms with Crippen LogP contribution >= 0.6 is 0 Å². The maximum atomic E-state index is 12.2. The van der Waals surface area contributed by atoms with Gasteiger partial charge >= 0.3 is 0 Å². The fourth-order valence-corrected chi connectivity index (χ4v) is 4.99. The first kappa shape index (κ1) is 16.8. The Balaban J connectivity index is 1.58. The summed E-state index contributed by atoms with van der Waals surface area (Å²) in [4.78, 5) is 7.03. The second-order valence-electron chi connectivity index (χ2n) is 6.95. The molecule has 0 saturated carbocycles. The fourth-order valence-electron chi connectivity index (χ4n) is 3.81. The predicted molar refractivity (Wildman–Crippen MR) is 97.4 cm³/mol. The zero-order valence-corrected chi connectivity index (χ0v) is 15.5. The first-order valence-corrected chi connectivity index (χ1v) is 10.8. The highest BCUT2D eigenvalue weighted by molar-refractivity contribution is 7.89. The predicted octanol–water partition coefficient (Wildman–Crippen LogP) is 1.86. The van der Waals surface area contributed by atoms with Crippen molar-refractivity contribution in [2.75, 3.05) is 36.8 Å². The zero-order chi connectivity index (χ0) is 17.4. The normalized spacial score (nSPS) is 22.8. The summed E-state index contributed by atoms with van der Waals surface area (Å²) in [5.74, 6) is 0.983. The Morgan fingerprint density at radius 2 is 1.96 bits per heavy atom. The molecule has 2 fully saturated rings. The van der Waals surface area contributed by atoms with E-state index < -0.39 is 10.0 Å². The van der Waals surface area contributed by atoms with Crippen molar-refractivity contribution in [3.05, 3.63) is 24.2 Å². The van der Waals surface area contributed by atoms with Crippen LogP contribution in [-0.2, 0) is 10.0 Å². The fraction of sp³-hybridized carbons (Fsp3) is 0.647. The standard InChI is InChI=1S/C17H25N5O2S/c1-2-25(23,24)21-11-5-6-14(12-21)17-18-16-8-7-15(13-22(16)19-17)20-9-3-4-10-20/h7-8,13-14H,2-6,9-12H2,1H3. The van der Waals surface area contributed by atoms with Gasteiger partial charge in [-0.15, -0.1) is 0 Å². The van der Waals surface area contributed by atoms with E-state index in [0.29, 0.717) is 13.1 Å². The number of hydrogen-bond acceptors (Lipinski definition) is 5. The molecule has 2 aromatic rings. The molecular weight excluding hydrogens is 338 g/mol. The van der Waals surface area contributed by atoms with E-state index >= 15 is 0 Å². The minimum atomic E-state index is -3.15. The lowest BCUT2D eigenvalue weighted by molar-refractivity contribution is 0.309. The molecule has 2 aliphatic heterocycles. The first-order chi connectivity index (χ1) is 12.1. The number of piperidine rings is 1. The van der Waals surface area contributed by atoms with Crippen molar-refractivity contribution < 1.29 is 8.42 Å². The molecule has 25 heavy (non-hydrogen) atoms. The van der Waals surface area contributed by atoms with Gasteiger partial charge in [0.1, 0.15) is 0 Å². The number of pyridine rings is 1. The molecule has 2 aromatic heterocycles. The van der Waals surface area contributed by atoms with Crippen LogP contribution in [-0.4, -0.2) is 59.3 Å². The summed E-state index contributed by atoms with van der Waals surface area (Å²) in [6.07, 6.45) is 6.32. The molecule has 0 radical (unpaired) electrons. The zero-order valence-electron chi connectivity index (χ0n) is 14.6. The summed E-state index contributed by atoms with van der Waals surface area (Å²) in [6.45, 7) is 4.99. The lowest BCUT2D eigenvalue weighted by atomic mass is 9.99. The quantitative estimate of drug-likeness (QED) is 0.829. The van der Waals surface area contributed by atoms with Gasteiger partial charge in [-0.1, -0.05) is 0 Å². The van der Waals surface area contributed by atoms with Crippen LogP contribution in [0.1, 0.15) is 44.3 Å². The van der Waals surface area contributed by atoms with E-state index in [-0.39, 0.29) is 11.7 Å². The van der Waals surface area contributed by atoms with Gasteiger partial charge in [0.05, 0.1) is 17.6 Å². The molecule has 7 nitrogen and oxygen atoms in total. The summed E-state index contributed by atoms with van der Waals surface area (Å²) in [7, 11) is -3.15. The maximum Gasteiger partial charge on any atom is 0.213 e. The first-order valence-electron chi connectivity index (χ1n) is 9.16.